The number of carbonyl (C=O) groups is 1. The summed E-state index contributed by atoms with van der Waals surface area (Å²) in [6, 6.07) is 8.37. The Balaban J connectivity index is 1.83. The highest BCUT2D eigenvalue weighted by Crippen LogP contribution is 2.16. The van der Waals surface area contributed by atoms with Crippen LogP contribution in [0.3, 0.4) is 0 Å². The third-order valence-corrected chi connectivity index (χ3v) is 3.63. The van der Waals surface area contributed by atoms with Gasteiger partial charge in [-0.1, -0.05) is 6.42 Å². The molecule has 0 saturated carbocycles. The average Bonchev–Trinajstić information content (AvgIpc) is 2.40. The van der Waals surface area contributed by atoms with Crippen LogP contribution in [0.2, 0.25) is 0 Å². The molecule has 1 aromatic rings. The molecule has 1 fully saturated rings. The Morgan fingerprint density at radius 1 is 1.42 bits per heavy atom. The van der Waals surface area contributed by atoms with E-state index in [9.17, 15) is 4.79 Å². The number of amides is 1. The van der Waals surface area contributed by atoms with Gasteiger partial charge >= 0.3 is 0 Å². The van der Waals surface area contributed by atoms with Crippen LogP contribution in [-0.4, -0.2) is 24.5 Å². The summed E-state index contributed by atoms with van der Waals surface area (Å²) in [5.74, 6) is -0.383. The van der Waals surface area contributed by atoms with Gasteiger partial charge in [0.05, 0.1) is 0 Å². The number of rotatable bonds is 5. The van der Waals surface area contributed by atoms with Crippen molar-refractivity contribution in [3.05, 3.63) is 29.8 Å². The van der Waals surface area contributed by atoms with Gasteiger partial charge in [0.1, 0.15) is 0 Å². The van der Waals surface area contributed by atoms with Crippen molar-refractivity contribution in [1.29, 1.82) is 0 Å². The van der Waals surface area contributed by atoms with E-state index in [2.05, 4.69) is 17.6 Å². The van der Waals surface area contributed by atoms with Gasteiger partial charge in [0.25, 0.3) is 0 Å². The summed E-state index contributed by atoms with van der Waals surface area (Å²) < 4.78 is 0. The van der Waals surface area contributed by atoms with Gasteiger partial charge in [0.2, 0.25) is 5.91 Å². The lowest BCUT2D eigenvalue weighted by Gasteiger charge is -2.27. The highest BCUT2D eigenvalue weighted by molar-refractivity contribution is 5.93. The zero-order chi connectivity index (χ0) is 13.7. The standard InChI is InChI=1S/C15H23N3O/c1-11(10-14-4-2-3-9-17-14)18-13-7-5-12(6-8-13)15(16)19/h5-8,11,14,17-18H,2-4,9-10H2,1H3,(H2,16,19). The number of nitrogens with two attached hydrogens (primary N) is 1. The molecule has 19 heavy (non-hydrogen) atoms. The Morgan fingerprint density at radius 3 is 2.74 bits per heavy atom. The maximum Gasteiger partial charge on any atom is 0.248 e. The predicted octanol–water partition coefficient (Wildman–Crippen LogP) is 2.12. The lowest BCUT2D eigenvalue weighted by atomic mass is 9.98. The number of carbonyl (C=O) groups excluding carboxylic acids is 1. The third kappa shape index (κ3) is 4.24. The fraction of sp³-hybridized carbons (Fsp3) is 0.533. The summed E-state index contributed by atoms with van der Waals surface area (Å²) in [6.07, 6.45) is 5.02. The molecular formula is C15H23N3O. The summed E-state index contributed by atoms with van der Waals surface area (Å²) in [7, 11) is 0. The van der Waals surface area contributed by atoms with Gasteiger partial charge in [-0.3, -0.25) is 4.79 Å². The summed E-state index contributed by atoms with van der Waals surface area (Å²) >= 11 is 0. The van der Waals surface area contributed by atoms with Crippen molar-refractivity contribution in [2.75, 3.05) is 11.9 Å². The number of hydrogen-bond acceptors (Lipinski definition) is 3. The number of primary amides is 1. The van der Waals surface area contributed by atoms with Crippen LogP contribution in [-0.2, 0) is 0 Å². The Bertz CT molecular complexity index is 410. The molecule has 104 valence electrons. The molecule has 0 radical (unpaired) electrons. The second kappa shape index (κ2) is 6.57. The molecule has 0 aliphatic carbocycles. The minimum atomic E-state index is -0.383. The Morgan fingerprint density at radius 2 is 2.16 bits per heavy atom. The highest BCUT2D eigenvalue weighted by atomic mass is 16.1. The first-order valence-electron chi connectivity index (χ1n) is 7.05. The van der Waals surface area contributed by atoms with Crippen molar-refractivity contribution < 1.29 is 4.79 Å². The monoisotopic (exact) mass is 261 g/mol. The Hall–Kier alpha value is -1.55. The number of benzene rings is 1. The second-order valence-electron chi connectivity index (χ2n) is 5.37. The van der Waals surface area contributed by atoms with Crippen molar-refractivity contribution in [1.82, 2.24) is 5.32 Å². The number of nitrogens with one attached hydrogen (secondary N) is 2. The summed E-state index contributed by atoms with van der Waals surface area (Å²) in [5.41, 5.74) is 6.80. The topological polar surface area (TPSA) is 67.2 Å². The molecule has 1 heterocycles. The van der Waals surface area contributed by atoms with Crippen LogP contribution in [0, 0.1) is 0 Å². The van der Waals surface area contributed by atoms with Gasteiger partial charge in [0.15, 0.2) is 0 Å². The zero-order valence-corrected chi connectivity index (χ0v) is 11.5. The van der Waals surface area contributed by atoms with E-state index in [1.165, 1.54) is 19.3 Å². The fourth-order valence-electron chi connectivity index (χ4n) is 2.63. The van der Waals surface area contributed by atoms with Gasteiger partial charge in [-0.25, -0.2) is 0 Å². The van der Waals surface area contributed by atoms with E-state index < -0.39 is 0 Å². The first-order chi connectivity index (χ1) is 9.15. The van der Waals surface area contributed by atoms with E-state index in [-0.39, 0.29) is 5.91 Å². The molecule has 4 N–H and O–H groups in total. The molecule has 0 bridgehead atoms. The molecule has 4 nitrogen and oxygen atoms in total. The first kappa shape index (κ1) is 13.9. The van der Waals surface area contributed by atoms with Crippen molar-refractivity contribution in [3.63, 3.8) is 0 Å². The summed E-state index contributed by atoms with van der Waals surface area (Å²) in [4.78, 5) is 11.0. The SMILES string of the molecule is CC(CC1CCCCN1)Nc1ccc(C(N)=O)cc1. The molecule has 2 rings (SSSR count). The van der Waals surface area contributed by atoms with E-state index in [0.29, 0.717) is 17.6 Å². The quantitative estimate of drug-likeness (QED) is 0.760. The van der Waals surface area contributed by atoms with Crippen LogP contribution in [0.4, 0.5) is 5.69 Å². The lowest BCUT2D eigenvalue weighted by molar-refractivity contribution is 0.100. The van der Waals surface area contributed by atoms with Gasteiger partial charge in [-0.15, -0.1) is 0 Å². The van der Waals surface area contributed by atoms with Crippen molar-refractivity contribution in [3.8, 4) is 0 Å². The number of anilines is 1. The minimum Gasteiger partial charge on any atom is -0.383 e. The molecule has 1 saturated heterocycles. The van der Waals surface area contributed by atoms with Gasteiger partial charge in [-0.05, 0) is 57.0 Å². The molecule has 2 unspecified atom stereocenters. The molecule has 1 aliphatic rings. The summed E-state index contributed by atoms with van der Waals surface area (Å²) in [6.45, 7) is 3.34. The number of hydrogen-bond donors (Lipinski definition) is 3. The first-order valence-corrected chi connectivity index (χ1v) is 7.05. The Kier molecular flexibility index (Phi) is 4.80. The third-order valence-electron chi connectivity index (χ3n) is 3.63. The van der Waals surface area contributed by atoms with Crippen LogP contribution in [0.5, 0.6) is 0 Å². The minimum absolute atomic E-state index is 0.383. The van der Waals surface area contributed by atoms with Crippen molar-refractivity contribution in [2.45, 2.75) is 44.7 Å². The van der Waals surface area contributed by atoms with Crippen LogP contribution < -0.4 is 16.4 Å². The van der Waals surface area contributed by atoms with E-state index >= 15 is 0 Å². The molecule has 1 aliphatic heterocycles. The smallest absolute Gasteiger partial charge is 0.248 e. The zero-order valence-electron chi connectivity index (χ0n) is 11.5. The van der Waals surface area contributed by atoms with Gasteiger partial charge in [0, 0.05) is 23.3 Å². The van der Waals surface area contributed by atoms with Crippen LogP contribution in [0.1, 0.15) is 43.0 Å². The average molecular weight is 261 g/mol. The number of piperidine rings is 1. The van der Waals surface area contributed by atoms with Gasteiger partial charge in [-0.2, -0.15) is 0 Å². The second-order valence-corrected chi connectivity index (χ2v) is 5.37. The van der Waals surface area contributed by atoms with Crippen LogP contribution in [0.15, 0.2) is 24.3 Å². The van der Waals surface area contributed by atoms with Gasteiger partial charge < -0.3 is 16.4 Å². The normalized spacial score (nSPS) is 20.8. The molecule has 4 heteroatoms. The van der Waals surface area contributed by atoms with E-state index in [1.807, 2.05) is 12.1 Å². The molecule has 2 atom stereocenters. The fourth-order valence-corrected chi connectivity index (χ4v) is 2.63. The van der Waals surface area contributed by atoms with Crippen LogP contribution >= 0.6 is 0 Å². The maximum atomic E-state index is 11.0. The van der Waals surface area contributed by atoms with Crippen LogP contribution in [0.25, 0.3) is 0 Å². The molecule has 0 spiro atoms. The molecule has 1 amide bonds. The lowest BCUT2D eigenvalue weighted by Crippen LogP contribution is -2.37. The predicted molar refractivity (Wildman–Crippen MR) is 78.3 cm³/mol. The molecule has 0 aromatic heterocycles. The Labute approximate surface area is 114 Å². The van der Waals surface area contributed by atoms with Crippen molar-refractivity contribution >= 4 is 11.6 Å². The highest BCUT2D eigenvalue weighted by Gasteiger charge is 2.15. The van der Waals surface area contributed by atoms with E-state index in [4.69, 9.17) is 5.73 Å². The largest absolute Gasteiger partial charge is 0.383 e. The molecule has 1 aromatic carbocycles. The van der Waals surface area contributed by atoms with E-state index in [0.717, 1.165) is 18.7 Å². The van der Waals surface area contributed by atoms with Crippen molar-refractivity contribution in [2.24, 2.45) is 5.73 Å². The maximum absolute atomic E-state index is 11.0. The van der Waals surface area contributed by atoms with E-state index in [1.54, 1.807) is 12.1 Å². The molecular weight excluding hydrogens is 238 g/mol. The summed E-state index contributed by atoms with van der Waals surface area (Å²) in [5, 5.41) is 7.02.